The molecule has 0 amide bonds. The molecule has 0 spiro atoms. The number of benzene rings is 4. The summed E-state index contributed by atoms with van der Waals surface area (Å²) in [6.45, 7) is 7.54. The Labute approximate surface area is 268 Å². The third-order valence-electron chi connectivity index (χ3n) is 6.61. The Bertz CT molecular complexity index is 1450. The highest BCUT2D eigenvalue weighted by atomic mass is 35.7. The average Bonchev–Trinajstić information content (AvgIpc) is 2.92. The van der Waals surface area contributed by atoms with E-state index in [9.17, 15) is 0 Å². The van der Waals surface area contributed by atoms with Crippen LogP contribution >= 0.6 is 23.5 Å². The second-order valence-electron chi connectivity index (χ2n) is 9.64. The lowest BCUT2D eigenvalue weighted by Crippen LogP contribution is -2.68. The van der Waals surface area contributed by atoms with Gasteiger partial charge < -0.3 is 0 Å². The van der Waals surface area contributed by atoms with Crippen LogP contribution in [-0.2, 0) is 21.8 Å². The van der Waals surface area contributed by atoms with E-state index in [-0.39, 0.29) is 26.5 Å². The number of hydrogen-bond acceptors (Lipinski definition) is 10. The van der Waals surface area contributed by atoms with Crippen molar-refractivity contribution in [2.75, 3.05) is 0 Å². The van der Waals surface area contributed by atoms with Crippen molar-refractivity contribution in [2.45, 2.75) is 69.9 Å². The maximum atomic E-state index is 8.49. The van der Waals surface area contributed by atoms with Crippen LogP contribution in [0.15, 0.2) is 136 Å². The zero-order chi connectivity index (χ0) is 31.6. The molecule has 4 aromatic carbocycles. The second kappa shape index (κ2) is 13.9. The van der Waals surface area contributed by atoms with Gasteiger partial charge in [-0.1, -0.05) is 72.1 Å². The fraction of sp³-hybridized carbons (Fsp3) is 0.172. The van der Waals surface area contributed by atoms with E-state index in [0.717, 1.165) is 0 Å². The minimum absolute atomic E-state index is 0.0109. The van der Waals surface area contributed by atoms with Crippen LogP contribution in [0, 0.1) is 20.5 Å². The fourth-order valence-corrected chi connectivity index (χ4v) is 13.8. The molecule has 14 heteroatoms. The lowest BCUT2D eigenvalue weighted by molar-refractivity contribution is -2.00. The zero-order valence-electron chi connectivity index (χ0n) is 23.0. The van der Waals surface area contributed by atoms with Crippen LogP contribution in [0.25, 0.3) is 0 Å². The van der Waals surface area contributed by atoms with Crippen LogP contribution in [0.1, 0.15) is 20.8 Å². The number of halogens is 2. The minimum Gasteiger partial charge on any atom is -0.222 e. The van der Waals surface area contributed by atoms with E-state index >= 15 is 0 Å². The maximum Gasteiger partial charge on any atom is 0.180 e. The number of hydrogen-bond donors (Lipinski definition) is 0. The summed E-state index contributed by atoms with van der Waals surface area (Å²) in [7, 11) is -9.88. The van der Waals surface area contributed by atoms with Crippen LogP contribution in [0.5, 0.6) is 0 Å². The zero-order valence-corrected chi connectivity index (χ0v) is 27.7. The van der Waals surface area contributed by atoms with Crippen molar-refractivity contribution in [1.82, 2.24) is 0 Å². The van der Waals surface area contributed by atoms with E-state index < -0.39 is 20.5 Å². The fourth-order valence-electron chi connectivity index (χ4n) is 4.71. The highest BCUT2D eigenvalue weighted by Crippen LogP contribution is 2.54. The highest BCUT2D eigenvalue weighted by Gasteiger charge is 2.58. The van der Waals surface area contributed by atoms with E-state index in [1.165, 1.54) is 39.2 Å². The molecule has 0 saturated carbocycles. The van der Waals surface area contributed by atoms with Gasteiger partial charge in [0.25, 0.3) is 0 Å². The molecule has 0 aromatic heterocycles. The van der Waals surface area contributed by atoms with Gasteiger partial charge in [0.2, 0.25) is 0 Å². The van der Waals surface area contributed by atoms with Crippen molar-refractivity contribution < 1.29 is 57.8 Å². The molecule has 6 rings (SSSR count). The predicted octanol–water partition coefficient (Wildman–Crippen LogP) is -0.956. The summed E-state index contributed by atoms with van der Waals surface area (Å²) in [4.78, 5) is 11.7. The first-order valence-corrected chi connectivity index (χ1v) is 19.1. The average molecular weight is 702 g/mol. The van der Waals surface area contributed by atoms with Gasteiger partial charge in [0.15, 0.2) is 29.6 Å². The van der Waals surface area contributed by atoms with Gasteiger partial charge in [-0.15, -0.1) is 20.5 Å². The molecule has 1 unspecified atom stereocenters. The third kappa shape index (κ3) is 8.84. The molecular formula is C29H26Cl2O8S4. The lowest BCUT2D eigenvalue weighted by atomic mass is 10.1. The Hall–Kier alpha value is -1.46. The Kier molecular flexibility index (Phi) is 11.1. The van der Waals surface area contributed by atoms with Gasteiger partial charge in [-0.05, 0) is 69.3 Å². The van der Waals surface area contributed by atoms with Gasteiger partial charge in [-0.25, -0.2) is 37.3 Å². The van der Waals surface area contributed by atoms with Crippen LogP contribution in [0.2, 0.25) is 0 Å². The van der Waals surface area contributed by atoms with E-state index in [1.807, 2.05) is 23.5 Å². The van der Waals surface area contributed by atoms with E-state index in [2.05, 4.69) is 118 Å². The minimum atomic E-state index is -4.94. The molecule has 0 bridgehead atoms. The van der Waals surface area contributed by atoms with Gasteiger partial charge in [-0.3, -0.25) is 0 Å². The van der Waals surface area contributed by atoms with Gasteiger partial charge in [-0.2, -0.15) is 0 Å². The Morgan fingerprint density at radius 1 is 0.512 bits per heavy atom. The summed E-state index contributed by atoms with van der Waals surface area (Å²) < 4.78 is 68.0. The molecule has 8 nitrogen and oxygen atoms in total. The molecule has 0 saturated heterocycles. The first-order valence-electron chi connectivity index (χ1n) is 12.5. The first-order chi connectivity index (χ1) is 20.1. The highest BCUT2D eigenvalue weighted by molar-refractivity contribution is 8.06. The first kappa shape index (κ1) is 34.4. The summed E-state index contributed by atoms with van der Waals surface area (Å²) in [5.41, 5.74) is 0. The van der Waals surface area contributed by atoms with Crippen molar-refractivity contribution in [2.24, 2.45) is 0 Å². The van der Waals surface area contributed by atoms with E-state index in [0.29, 0.717) is 5.25 Å². The molecule has 228 valence electrons. The standard InChI is InChI=1S/C29H26S4.2ClHO4/c1-20(32-25-16-8-4-12-21(25)30-22-13-5-9-17-26(22)32)29(2,3)33-27-18-10-6-14-23(27)31-24-15-7-11-19-28(24)33;2*2-1(3,4)5/h4-20H,1-3H3;2*(H,2,3,4,5)/q+2;;/p-2. The lowest BCUT2D eigenvalue weighted by Gasteiger charge is -2.34. The number of rotatable bonds is 3. The van der Waals surface area contributed by atoms with Gasteiger partial charge in [0.05, 0.1) is 41.4 Å². The summed E-state index contributed by atoms with van der Waals surface area (Å²) >= 11 is 3.87. The van der Waals surface area contributed by atoms with Crippen LogP contribution in [-0.4, -0.2) is 10.00 Å². The van der Waals surface area contributed by atoms with Crippen molar-refractivity contribution >= 4 is 45.3 Å². The molecule has 4 aromatic rings. The monoisotopic (exact) mass is 700 g/mol. The van der Waals surface area contributed by atoms with Crippen molar-refractivity contribution in [3.05, 3.63) is 97.1 Å². The SMILES string of the molecule is CC([S+]1c2ccccc2Sc2ccccc21)C(C)(C)[S+]1c2ccccc2Sc2ccccc21.[O-][Cl+3]([O-])([O-])[O-].[O-][Cl+3]([O-])([O-])[O-]. The maximum absolute atomic E-state index is 8.49. The van der Waals surface area contributed by atoms with Crippen LogP contribution in [0.3, 0.4) is 0 Å². The molecule has 43 heavy (non-hydrogen) atoms. The second-order valence-corrected chi connectivity index (χ2v) is 18.1. The molecule has 2 heterocycles. The van der Waals surface area contributed by atoms with Crippen LogP contribution < -0.4 is 37.3 Å². The summed E-state index contributed by atoms with van der Waals surface area (Å²) in [5, 5.41) is 0.480. The summed E-state index contributed by atoms with van der Waals surface area (Å²) in [5.74, 6) is 0. The summed E-state index contributed by atoms with van der Waals surface area (Å²) in [6.07, 6.45) is 0. The quantitative estimate of drug-likeness (QED) is 0.241. The van der Waals surface area contributed by atoms with Crippen LogP contribution in [0.4, 0.5) is 0 Å². The summed E-state index contributed by atoms with van der Waals surface area (Å²) in [6, 6.07) is 36.3. The van der Waals surface area contributed by atoms with E-state index in [4.69, 9.17) is 37.3 Å². The smallest absolute Gasteiger partial charge is 0.180 e. The molecule has 2 aliphatic rings. The molecule has 0 N–H and O–H groups in total. The normalized spacial score (nSPS) is 15.3. The van der Waals surface area contributed by atoms with Crippen molar-refractivity contribution in [3.8, 4) is 0 Å². The number of fused-ring (bicyclic) bond motifs is 4. The third-order valence-corrected chi connectivity index (χ3v) is 15.5. The van der Waals surface area contributed by atoms with Crippen molar-refractivity contribution in [3.63, 3.8) is 0 Å². The van der Waals surface area contributed by atoms with Gasteiger partial charge in [0, 0.05) is 0 Å². The Morgan fingerprint density at radius 3 is 1.09 bits per heavy atom. The Balaban J connectivity index is 0.000000369. The van der Waals surface area contributed by atoms with Gasteiger partial charge >= 0.3 is 0 Å². The topological polar surface area (TPSA) is 184 Å². The van der Waals surface area contributed by atoms with E-state index in [1.54, 1.807) is 0 Å². The van der Waals surface area contributed by atoms with Gasteiger partial charge in [0.1, 0.15) is 0 Å². The molecular weight excluding hydrogens is 675 g/mol. The molecule has 0 aliphatic carbocycles. The largest absolute Gasteiger partial charge is 0.222 e. The van der Waals surface area contributed by atoms with Crippen molar-refractivity contribution in [1.29, 1.82) is 0 Å². The molecule has 1 atom stereocenters. The Morgan fingerprint density at radius 2 is 0.767 bits per heavy atom. The molecule has 0 radical (unpaired) electrons. The predicted molar refractivity (Wildman–Crippen MR) is 145 cm³/mol. The molecule has 0 fully saturated rings. The molecule has 2 aliphatic heterocycles.